The second kappa shape index (κ2) is 15.4. The Morgan fingerprint density at radius 3 is 1.66 bits per heavy atom. The summed E-state index contributed by atoms with van der Waals surface area (Å²) in [5.74, 6) is -4.05. The minimum atomic E-state index is -1.29. The highest BCUT2D eigenvalue weighted by Crippen LogP contribution is 2.08. The lowest BCUT2D eigenvalue weighted by Crippen LogP contribution is -2.58. The van der Waals surface area contributed by atoms with Crippen LogP contribution in [-0.4, -0.2) is 64.6 Å². The van der Waals surface area contributed by atoms with Crippen LogP contribution < -0.4 is 27.4 Å². The van der Waals surface area contributed by atoms with Crippen molar-refractivity contribution in [3.8, 4) is 0 Å². The summed E-state index contributed by atoms with van der Waals surface area (Å²) in [5, 5.41) is 17.2. The van der Waals surface area contributed by atoms with E-state index in [4.69, 9.17) is 11.5 Å². The fourth-order valence-corrected chi connectivity index (χ4v) is 3.74. The van der Waals surface area contributed by atoms with Crippen LogP contribution >= 0.6 is 12.6 Å². The molecule has 4 atom stereocenters. The van der Waals surface area contributed by atoms with Crippen LogP contribution in [0, 0.1) is 0 Å². The Hall–Kier alpha value is -3.90. The number of thiol groups is 1. The van der Waals surface area contributed by atoms with Crippen LogP contribution in [0.25, 0.3) is 0 Å². The van der Waals surface area contributed by atoms with Crippen LogP contribution in [0.1, 0.15) is 24.0 Å². The summed E-state index contributed by atoms with van der Waals surface area (Å²) in [5.41, 5.74) is 12.4. The van der Waals surface area contributed by atoms with Gasteiger partial charge in [0.05, 0.1) is 6.04 Å². The van der Waals surface area contributed by atoms with E-state index in [1.54, 1.807) is 60.7 Å². The van der Waals surface area contributed by atoms with Gasteiger partial charge in [-0.25, -0.2) is 4.79 Å². The van der Waals surface area contributed by atoms with Gasteiger partial charge in [0, 0.05) is 25.0 Å². The third-order valence-electron chi connectivity index (χ3n) is 5.66. The molecule has 0 aliphatic rings. The molecule has 0 saturated heterocycles. The summed E-state index contributed by atoms with van der Waals surface area (Å²) >= 11 is 4.01. The zero-order chi connectivity index (χ0) is 28.1. The van der Waals surface area contributed by atoms with E-state index in [0.717, 1.165) is 5.56 Å². The Labute approximate surface area is 226 Å². The smallest absolute Gasteiger partial charge is 0.326 e. The van der Waals surface area contributed by atoms with E-state index < -0.39 is 53.8 Å². The number of nitrogens with one attached hydrogen (secondary N) is 3. The number of carboxylic acids is 1. The van der Waals surface area contributed by atoms with Crippen LogP contribution in [0.15, 0.2) is 60.7 Å². The van der Waals surface area contributed by atoms with Gasteiger partial charge >= 0.3 is 5.97 Å². The largest absolute Gasteiger partial charge is 0.480 e. The Bertz CT molecular complexity index is 1100. The van der Waals surface area contributed by atoms with Crippen molar-refractivity contribution in [3.05, 3.63) is 71.8 Å². The summed E-state index contributed by atoms with van der Waals surface area (Å²) in [4.78, 5) is 62.0. The number of amides is 4. The molecule has 0 aliphatic heterocycles. The average molecular weight is 544 g/mol. The summed E-state index contributed by atoms with van der Waals surface area (Å²) in [6, 6.07) is 12.9. The molecule has 0 bridgehead atoms. The quantitative estimate of drug-likeness (QED) is 0.148. The molecule has 204 valence electrons. The maximum absolute atomic E-state index is 13.3. The number of hydrogen-bond acceptors (Lipinski definition) is 7. The molecule has 0 aliphatic carbocycles. The van der Waals surface area contributed by atoms with Gasteiger partial charge in [0.25, 0.3) is 0 Å². The van der Waals surface area contributed by atoms with Crippen LogP contribution in [0.2, 0.25) is 0 Å². The van der Waals surface area contributed by atoms with Gasteiger partial charge in [-0.2, -0.15) is 12.6 Å². The van der Waals surface area contributed by atoms with E-state index in [1.165, 1.54) is 0 Å². The van der Waals surface area contributed by atoms with Gasteiger partial charge in [-0.1, -0.05) is 60.7 Å². The first-order valence-electron chi connectivity index (χ1n) is 12.0. The monoisotopic (exact) mass is 543 g/mol. The molecule has 0 heterocycles. The van der Waals surface area contributed by atoms with Crippen LogP contribution in [0.3, 0.4) is 0 Å². The van der Waals surface area contributed by atoms with E-state index in [-0.39, 0.29) is 31.4 Å². The van der Waals surface area contributed by atoms with E-state index >= 15 is 0 Å². The number of primary amides is 1. The highest BCUT2D eigenvalue weighted by molar-refractivity contribution is 7.80. The molecule has 2 aromatic carbocycles. The number of hydrogen-bond donors (Lipinski definition) is 7. The lowest BCUT2D eigenvalue weighted by atomic mass is 10.0. The molecule has 38 heavy (non-hydrogen) atoms. The molecule has 0 radical (unpaired) electrons. The molecule has 0 saturated carbocycles. The first kappa shape index (κ1) is 30.3. The van der Waals surface area contributed by atoms with E-state index in [1.807, 2.05) is 0 Å². The van der Waals surface area contributed by atoms with E-state index in [9.17, 15) is 29.1 Å². The fraction of sp³-hybridized carbons (Fsp3) is 0.346. The number of nitrogens with two attached hydrogens (primary N) is 2. The molecule has 2 aromatic rings. The van der Waals surface area contributed by atoms with Gasteiger partial charge in [-0.3, -0.25) is 19.2 Å². The van der Waals surface area contributed by atoms with Crippen molar-refractivity contribution in [2.75, 3.05) is 5.75 Å². The van der Waals surface area contributed by atoms with Crippen LogP contribution in [0.4, 0.5) is 0 Å². The van der Waals surface area contributed by atoms with Gasteiger partial charge < -0.3 is 32.5 Å². The maximum atomic E-state index is 13.3. The Balaban J connectivity index is 2.22. The zero-order valence-corrected chi connectivity index (χ0v) is 21.6. The third-order valence-corrected chi connectivity index (χ3v) is 6.05. The lowest BCUT2D eigenvalue weighted by Gasteiger charge is -2.25. The molecular weight excluding hydrogens is 510 g/mol. The standard InChI is InChI=1S/C26H33N5O6S/c27-18(15-38)23(33)30-20(13-16-7-3-1-4-8-16)25(35)29-19(11-12-22(28)32)24(34)31-21(26(36)37)14-17-9-5-2-6-10-17/h1-10,18-21,38H,11-15,27H2,(H2,28,32)(H,29,35)(H,30,33)(H,31,34)(H,36,37). The van der Waals surface area contributed by atoms with Gasteiger partial charge in [-0.05, 0) is 17.5 Å². The molecule has 4 unspecified atom stereocenters. The molecule has 8 N–H and O–H groups in total. The predicted octanol–water partition coefficient (Wildman–Crippen LogP) is -0.467. The number of rotatable bonds is 15. The number of carbonyl (C=O) groups is 5. The van der Waals surface area contributed by atoms with Crippen molar-refractivity contribution in [3.63, 3.8) is 0 Å². The second-order valence-electron chi connectivity index (χ2n) is 8.70. The molecule has 0 fully saturated rings. The van der Waals surface area contributed by atoms with Gasteiger partial charge in [-0.15, -0.1) is 0 Å². The SMILES string of the molecule is NC(=O)CCC(NC(=O)C(Cc1ccccc1)NC(=O)C(N)CS)C(=O)NC(Cc1ccccc1)C(=O)O. The van der Waals surface area contributed by atoms with Gasteiger partial charge in [0.2, 0.25) is 23.6 Å². The van der Waals surface area contributed by atoms with Crippen molar-refractivity contribution in [2.24, 2.45) is 11.5 Å². The molecule has 4 amide bonds. The van der Waals surface area contributed by atoms with Crippen LogP contribution in [0.5, 0.6) is 0 Å². The minimum absolute atomic E-state index is 0.00665. The lowest BCUT2D eigenvalue weighted by molar-refractivity contribution is -0.142. The number of benzene rings is 2. The topological polar surface area (TPSA) is 194 Å². The highest BCUT2D eigenvalue weighted by Gasteiger charge is 2.30. The minimum Gasteiger partial charge on any atom is -0.480 e. The third kappa shape index (κ3) is 10.2. The highest BCUT2D eigenvalue weighted by atomic mass is 32.1. The molecule has 0 aromatic heterocycles. The Morgan fingerprint density at radius 2 is 1.18 bits per heavy atom. The summed E-state index contributed by atoms with van der Waals surface area (Å²) < 4.78 is 0. The van der Waals surface area contributed by atoms with Crippen molar-refractivity contribution in [2.45, 2.75) is 49.9 Å². The normalized spacial score (nSPS) is 13.8. The Morgan fingerprint density at radius 1 is 0.737 bits per heavy atom. The fourth-order valence-electron chi connectivity index (χ4n) is 3.57. The maximum Gasteiger partial charge on any atom is 0.326 e. The van der Waals surface area contributed by atoms with Crippen molar-refractivity contribution >= 4 is 42.2 Å². The Kier molecular flexibility index (Phi) is 12.3. The molecule has 0 spiro atoms. The predicted molar refractivity (Wildman–Crippen MR) is 144 cm³/mol. The van der Waals surface area contributed by atoms with E-state index in [2.05, 4.69) is 28.6 Å². The van der Waals surface area contributed by atoms with Crippen molar-refractivity contribution in [1.29, 1.82) is 0 Å². The molecule has 11 nitrogen and oxygen atoms in total. The first-order chi connectivity index (χ1) is 18.1. The summed E-state index contributed by atoms with van der Waals surface area (Å²) in [7, 11) is 0. The van der Waals surface area contributed by atoms with Crippen molar-refractivity contribution in [1.82, 2.24) is 16.0 Å². The first-order valence-corrected chi connectivity index (χ1v) is 12.6. The zero-order valence-electron chi connectivity index (χ0n) is 20.7. The average Bonchev–Trinajstić information content (AvgIpc) is 2.90. The summed E-state index contributed by atoms with van der Waals surface area (Å²) in [6.45, 7) is 0. The number of aliphatic carboxylic acids is 1. The number of carboxylic acid groups (broad SMARTS) is 1. The van der Waals surface area contributed by atoms with E-state index in [0.29, 0.717) is 5.56 Å². The second-order valence-corrected chi connectivity index (χ2v) is 9.06. The summed E-state index contributed by atoms with van der Waals surface area (Å²) in [6.07, 6.45) is -0.317. The number of carbonyl (C=O) groups excluding carboxylic acids is 4. The van der Waals surface area contributed by atoms with Gasteiger partial charge in [0.15, 0.2) is 0 Å². The van der Waals surface area contributed by atoms with Crippen molar-refractivity contribution < 1.29 is 29.1 Å². The molecule has 2 rings (SSSR count). The molecule has 12 heteroatoms. The van der Waals surface area contributed by atoms with Crippen LogP contribution in [-0.2, 0) is 36.8 Å². The molecular formula is C26H33N5O6S. The van der Waals surface area contributed by atoms with Gasteiger partial charge in [0.1, 0.15) is 18.1 Å².